The molecule has 4 amide bonds. The molecule has 4 N–H and O–H groups in total. The molecule has 258 valence electrons. The molecule has 5 aliphatic rings. The summed E-state index contributed by atoms with van der Waals surface area (Å²) in [6, 6.07) is 16.0. The monoisotopic (exact) mass is 672 g/mol. The first kappa shape index (κ1) is 32.1. The number of benzene rings is 2. The van der Waals surface area contributed by atoms with Crippen molar-refractivity contribution in [2.45, 2.75) is 77.0 Å². The van der Waals surface area contributed by atoms with Crippen LogP contribution in [-0.2, 0) is 32.0 Å². The van der Waals surface area contributed by atoms with Gasteiger partial charge in [-0.3, -0.25) is 29.8 Å². The van der Waals surface area contributed by atoms with E-state index in [1.165, 1.54) is 38.5 Å². The number of carbonyl (C=O) groups excluding carboxylic acids is 4. The van der Waals surface area contributed by atoms with Crippen LogP contribution in [0.15, 0.2) is 59.9 Å². The van der Waals surface area contributed by atoms with Crippen molar-refractivity contribution in [3.63, 3.8) is 0 Å². The molecule has 2 aromatic heterocycles. The van der Waals surface area contributed by atoms with Gasteiger partial charge in [0, 0.05) is 70.5 Å². The van der Waals surface area contributed by atoms with Gasteiger partial charge in [0.05, 0.1) is 11.1 Å². The molecular formula is C40H44N6O4. The lowest BCUT2D eigenvalue weighted by atomic mass is 9.96. The van der Waals surface area contributed by atoms with Crippen LogP contribution in [0.5, 0.6) is 0 Å². The van der Waals surface area contributed by atoms with Gasteiger partial charge in [-0.15, -0.1) is 0 Å². The SMILES string of the molecule is O=C1NC(=O)C2=C1c1c([nH]c3ccccc13)CCCCCCCCCCCCc1[nH]c3ccccc3c1C1=C(C(=O)NC1=O)N1CCN2CC1. The van der Waals surface area contributed by atoms with Gasteiger partial charge in [0.1, 0.15) is 11.4 Å². The second kappa shape index (κ2) is 13.7. The molecule has 1 fully saturated rings. The number of amides is 4. The third-order valence-electron chi connectivity index (χ3n) is 10.9. The van der Waals surface area contributed by atoms with E-state index >= 15 is 0 Å². The van der Waals surface area contributed by atoms with Crippen LogP contribution in [0, 0.1) is 0 Å². The fraction of sp³-hybridized carbons (Fsp3) is 0.400. The molecule has 0 aliphatic carbocycles. The second-order valence-corrected chi connectivity index (χ2v) is 14.1. The van der Waals surface area contributed by atoms with Gasteiger partial charge in [-0.25, -0.2) is 0 Å². The summed E-state index contributed by atoms with van der Waals surface area (Å²) in [5, 5.41) is 7.06. The Morgan fingerprint density at radius 3 is 1.20 bits per heavy atom. The van der Waals surface area contributed by atoms with Gasteiger partial charge in [-0.05, 0) is 37.8 Å². The molecule has 7 heterocycles. The van der Waals surface area contributed by atoms with E-state index in [0.717, 1.165) is 82.8 Å². The number of hydrogen-bond acceptors (Lipinski definition) is 6. The molecular weight excluding hydrogens is 628 g/mol. The Balaban J connectivity index is 1.19. The van der Waals surface area contributed by atoms with Crippen LogP contribution in [0.4, 0.5) is 0 Å². The summed E-state index contributed by atoms with van der Waals surface area (Å²) < 4.78 is 0. The largest absolute Gasteiger partial charge is 0.363 e. The summed E-state index contributed by atoms with van der Waals surface area (Å²) in [6.07, 6.45) is 13.1. The number of fused-ring (bicyclic) bond motifs is 15. The first-order valence-electron chi connectivity index (χ1n) is 18.4. The second-order valence-electron chi connectivity index (χ2n) is 14.1. The van der Waals surface area contributed by atoms with E-state index in [4.69, 9.17) is 0 Å². The standard InChI is InChI=1S/C40H44N6O4/c47-37-33-31-25-15-11-13-17-27(25)41-29(31)19-9-7-5-3-1-2-4-6-8-10-20-30-32(26-16-12-14-18-28(26)42-30)34-36(40(50)44-38(34)48)46-23-21-45(22-24-46)35(33)39(49)43-37/h11-18,41-42H,1-10,19-24H2,(H,43,47,49)(H,44,48,50). The summed E-state index contributed by atoms with van der Waals surface area (Å²) >= 11 is 0. The number of imide groups is 2. The number of H-pyrrole nitrogens is 2. The van der Waals surface area contributed by atoms with Crippen molar-refractivity contribution in [2.24, 2.45) is 0 Å². The van der Waals surface area contributed by atoms with Gasteiger partial charge in [-0.1, -0.05) is 87.8 Å². The highest BCUT2D eigenvalue weighted by atomic mass is 16.2. The van der Waals surface area contributed by atoms with Crippen LogP contribution in [0.3, 0.4) is 0 Å². The number of nitrogens with zero attached hydrogens (tertiary/aromatic N) is 2. The lowest BCUT2D eigenvalue weighted by Gasteiger charge is -2.37. The Morgan fingerprint density at radius 2 is 0.800 bits per heavy atom. The van der Waals surface area contributed by atoms with Crippen LogP contribution < -0.4 is 10.6 Å². The first-order valence-corrected chi connectivity index (χ1v) is 18.4. The Morgan fingerprint density at radius 1 is 0.440 bits per heavy atom. The van der Waals surface area contributed by atoms with E-state index < -0.39 is 11.8 Å². The summed E-state index contributed by atoms with van der Waals surface area (Å²) in [7, 11) is 0. The van der Waals surface area contributed by atoms with Crippen LogP contribution >= 0.6 is 0 Å². The minimum Gasteiger partial charge on any atom is -0.363 e. The van der Waals surface area contributed by atoms with Crippen LogP contribution in [-0.4, -0.2) is 69.6 Å². The third-order valence-corrected chi connectivity index (χ3v) is 10.9. The summed E-state index contributed by atoms with van der Waals surface area (Å²) in [4.78, 5) is 65.3. The molecule has 0 saturated carbocycles. The minimum absolute atomic E-state index is 0.377. The first-order chi connectivity index (χ1) is 24.5. The number of aromatic nitrogens is 2. The highest BCUT2D eigenvalue weighted by molar-refractivity contribution is 6.38. The molecule has 4 aromatic rings. The van der Waals surface area contributed by atoms with E-state index in [1.54, 1.807) is 0 Å². The number of aromatic amines is 2. The molecule has 5 aliphatic heterocycles. The van der Waals surface area contributed by atoms with Gasteiger partial charge in [-0.2, -0.15) is 0 Å². The molecule has 0 atom stereocenters. The fourth-order valence-electron chi connectivity index (χ4n) is 8.47. The van der Waals surface area contributed by atoms with E-state index in [0.29, 0.717) is 48.7 Å². The van der Waals surface area contributed by atoms with Crippen molar-refractivity contribution in [2.75, 3.05) is 26.2 Å². The van der Waals surface area contributed by atoms with E-state index in [9.17, 15) is 19.2 Å². The van der Waals surface area contributed by atoms with Crippen molar-refractivity contribution >= 4 is 56.6 Å². The Hall–Kier alpha value is -5.12. The molecule has 2 aromatic carbocycles. The molecule has 0 radical (unpaired) electrons. The van der Waals surface area contributed by atoms with E-state index in [-0.39, 0.29) is 11.8 Å². The number of hydrogen-bond donors (Lipinski definition) is 4. The maximum atomic E-state index is 13.6. The Kier molecular flexibility index (Phi) is 8.77. The number of aryl methyl sites for hydroxylation is 2. The van der Waals surface area contributed by atoms with Gasteiger partial charge < -0.3 is 19.8 Å². The van der Waals surface area contributed by atoms with E-state index in [1.807, 2.05) is 58.3 Å². The average molecular weight is 673 g/mol. The molecule has 0 spiro atoms. The zero-order valence-electron chi connectivity index (χ0n) is 28.5. The molecule has 50 heavy (non-hydrogen) atoms. The summed E-state index contributed by atoms with van der Waals surface area (Å²) in [5.74, 6) is -1.54. The zero-order chi connectivity index (χ0) is 34.2. The lowest BCUT2D eigenvalue weighted by Crippen LogP contribution is -2.48. The predicted octanol–water partition coefficient (Wildman–Crippen LogP) is 5.70. The highest BCUT2D eigenvalue weighted by Gasteiger charge is 2.41. The lowest BCUT2D eigenvalue weighted by molar-refractivity contribution is -0.126. The number of nitrogens with one attached hydrogen (secondary N) is 4. The van der Waals surface area contributed by atoms with Crippen LogP contribution in [0.2, 0.25) is 0 Å². The van der Waals surface area contributed by atoms with Crippen LogP contribution in [0.25, 0.3) is 33.0 Å². The van der Waals surface area contributed by atoms with Gasteiger partial charge in [0.15, 0.2) is 0 Å². The topological polar surface area (TPSA) is 130 Å². The number of para-hydroxylation sites is 2. The normalized spacial score (nSPS) is 20.2. The van der Waals surface area contributed by atoms with Gasteiger partial charge in [0.25, 0.3) is 23.6 Å². The quantitative estimate of drug-likeness (QED) is 0.177. The molecule has 10 heteroatoms. The zero-order valence-corrected chi connectivity index (χ0v) is 28.5. The highest BCUT2D eigenvalue weighted by Crippen LogP contribution is 2.38. The van der Waals surface area contributed by atoms with Crippen molar-refractivity contribution in [1.29, 1.82) is 0 Å². The average Bonchev–Trinajstić information content (AvgIpc) is 3.83. The molecule has 9 rings (SSSR count). The Bertz CT molecular complexity index is 1930. The van der Waals surface area contributed by atoms with Gasteiger partial charge >= 0.3 is 0 Å². The van der Waals surface area contributed by atoms with E-state index in [2.05, 4.69) is 20.6 Å². The van der Waals surface area contributed by atoms with Gasteiger partial charge in [0.2, 0.25) is 0 Å². The molecule has 2 bridgehead atoms. The number of piperazine rings is 1. The van der Waals surface area contributed by atoms with Crippen molar-refractivity contribution in [3.05, 3.63) is 82.4 Å². The van der Waals surface area contributed by atoms with Crippen molar-refractivity contribution < 1.29 is 19.2 Å². The fourth-order valence-corrected chi connectivity index (χ4v) is 8.47. The molecule has 1 saturated heterocycles. The number of rotatable bonds is 0. The van der Waals surface area contributed by atoms with Crippen molar-refractivity contribution in [1.82, 2.24) is 30.4 Å². The summed E-state index contributed by atoms with van der Waals surface area (Å²) in [6.45, 7) is 1.65. The minimum atomic E-state index is -0.395. The molecule has 0 unspecified atom stereocenters. The summed E-state index contributed by atoms with van der Waals surface area (Å²) in [5.41, 5.74) is 7.11. The molecule has 10 nitrogen and oxygen atoms in total. The maximum absolute atomic E-state index is 13.6. The van der Waals surface area contributed by atoms with Crippen molar-refractivity contribution in [3.8, 4) is 0 Å². The third kappa shape index (κ3) is 5.80. The Labute approximate surface area is 291 Å². The number of carbonyl (C=O) groups is 4. The smallest absolute Gasteiger partial charge is 0.275 e. The maximum Gasteiger partial charge on any atom is 0.275 e. The predicted molar refractivity (Wildman–Crippen MR) is 193 cm³/mol. The van der Waals surface area contributed by atoms with Crippen LogP contribution in [0.1, 0.15) is 86.7 Å².